The van der Waals surface area contributed by atoms with Crippen molar-refractivity contribution in [3.63, 3.8) is 0 Å². The topological polar surface area (TPSA) is 58.4 Å². The number of nitrogens with one attached hydrogen (secondary N) is 1. The third kappa shape index (κ3) is 2.42. The van der Waals surface area contributed by atoms with Crippen molar-refractivity contribution in [2.75, 3.05) is 18.0 Å². The molecule has 19 heavy (non-hydrogen) atoms. The third-order valence-corrected chi connectivity index (χ3v) is 4.19. The number of fused-ring (bicyclic) bond motifs is 2. The summed E-state index contributed by atoms with van der Waals surface area (Å²) in [4.78, 5) is 13.1. The van der Waals surface area contributed by atoms with Crippen molar-refractivity contribution in [3.05, 3.63) is 33.9 Å². The van der Waals surface area contributed by atoms with Crippen LogP contribution >= 0.6 is 0 Å². The molecule has 0 spiro atoms. The molecule has 2 aliphatic heterocycles. The first-order chi connectivity index (χ1) is 9.13. The molecule has 5 nitrogen and oxygen atoms in total. The molecule has 2 saturated heterocycles. The molecule has 0 saturated carbocycles. The van der Waals surface area contributed by atoms with Crippen LogP contribution in [0.25, 0.3) is 0 Å². The van der Waals surface area contributed by atoms with Crippen LogP contribution in [0.1, 0.15) is 24.8 Å². The Morgan fingerprint density at radius 2 is 2.11 bits per heavy atom. The standard InChI is InChI=1S/C14H19N3O2/c1-10-2-5-13(17(18)19)14(8-10)16-7-6-11-3-4-12(9-16)15-11/h2,5,8,11-12,15H,3-4,6-7,9H2,1H3. The van der Waals surface area contributed by atoms with Crippen molar-refractivity contribution in [1.29, 1.82) is 0 Å². The molecule has 1 N–H and O–H groups in total. The van der Waals surface area contributed by atoms with E-state index in [1.807, 2.05) is 19.1 Å². The Hall–Kier alpha value is -1.62. The minimum Gasteiger partial charge on any atom is -0.364 e. The zero-order valence-corrected chi connectivity index (χ0v) is 11.1. The highest BCUT2D eigenvalue weighted by Crippen LogP contribution is 2.32. The second-order valence-electron chi connectivity index (χ2n) is 5.62. The maximum absolute atomic E-state index is 11.2. The molecule has 2 atom stereocenters. The Kier molecular flexibility index (Phi) is 3.14. The molecule has 102 valence electrons. The summed E-state index contributed by atoms with van der Waals surface area (Å²) in [6.07, 6.45) is 3.50. The zero-order valence-electron chi connectivity index (χ0n) is 11.1. The van der Waals surface area contributed by atoms with E-state index in [1.165, 1.54) is 12.8 Å². The summed E-state index contributed by atoms with van der Waals surface area (Å²) < 4.78 is 0. The summed E-state index contributed by atoms with van der Waals surface area (Å²) in [5.41, 5.74) is 2.07. The average molecular weight is 261 g/mol. The second kappa shape index (κ2) is 4.81. The van der Waals surface area contributed by atoms with Crippen molar-refractivity contribution in [1.82, 2.24) is 5.32 Å². The van der Waals surface area contributed by atoms with Crippen molar-refractivity contribution in [2.45, 2.75) is 38.3 Å². The Labute approximate surface area is 112 Å². The van der Waals surface area contributed by atoms with Crippen LogP contribution < -0.4 is 10.2 Å². The van der Waals surface area contributed by atoms with E-state index in [-0.39, 0.29) is 10.6 Å². The number of anilines is 1. The monoisotopic (exact) mass is 261 g/mol. The molecule has 1 aromatic carbocycles. The highest BCUT2D eigenvalue weighted by molar-refractivity contribution is 5.64. The molecule has 5 heteroatoms. The number of nitro benzene ring substituents is 1. The Morgan fingerprint density at radius 1 is 1.32 bits per heavy atom. The number of nitro groups is 1. The van der Waals surface area contributed by atoms with Crippen LogP contribution in [-0.4, -0.2) is 30.1 Å². The van der Waals surface area contributed by atoms with Crippen LogP contribution in [0.15, 0.2) is 18.2 Å². The fourth-order valence-electron chi connectivity index (χ4n) is 3.20. The molecule has 0 amide bonds. The predicted octanol–water partition coefficient (Wildman–Crippen LogP) is 2.23. The smallest absolute Gasteiger partial charge is 0.292 e. The lowest BCUT2D eigenvalue weighted by atomic mass is 10.1. The number of benzene rings is 1. The number of nitrogens with zero attached hydrogens (tertiary/aromatic N) is 2. The van der Waals surface area contributed by atoms with Gasteiger partial charge in [0.1, 0.15) is 5.69 Å². The summed E-state index contributed by atoms with van der Waals surface area (Å²) in [5.74, 6) is 0. The van der Waals surface area contributed by atoms with Crippen molar-refractivity contribution in [3.8, 4) is 0 Å². The van der Waals surface area contributed by atoms with E-state index in [9.17, 15) is 10.1 Å². The SMILES string of the molecule is Cc1ccc([N+](=O)[O-])c(N2CCC3CCC(C2)N3)c1. The number of hydrogen-bond acceptors (Lipinski definition) is 4. The van der Waals surface area contributed by atoms with E-state index < -0.39 is 0 Å². The van der Waals surface area contributed by atoms with E-state index in [0.717, 1.165) is 30.8 Å². The van der Waals surface area contributed by atoms with E-state index in [0.29, 0.717) is 12.1 Å². The van der Waals surface area contributed by atoms with Crippen LogP contribution in [0.2, 0.25) is 0 Å². The largest absolute Gasteiger partial charge is 0.364 e. The van der Waals surface area contributed by atoms with Gasteiger partial charge in [0.25, 0.3) is 5.69 Å². The molecule has 0 radical (unpaired) electrons. The lowest BCUT2D eigenvalue weighted by molar-refractivity contribution is -0.384. The summed E-state index contributed by atoms with van der Waals surface area (Å²) in [6, 6.07) is 6.45. The van der Waals surface area contributed by atoms with Crippen LogP contribution in [0.4, 0.5) is 11.4 Å². The third-order valence-electron chi connectivity index (χ3n) is 4.19. The van der Waals surface area contributed by atoms with Crippen LogP contribution in [0.5, 0.6) is 0 Å². The maximum Gasteiger partial charge on any atom is 0.292 e. The van der Waals surface area contributed by atoms with Gasteiger partial charge in [0, 0.05) is 31.2 Å². The van der Waals surface area contributed by atoms with Crippen LogP contribution in [-0.2, 0) is 0 Å². The average Bonchev–Trinajstić information content (AvgIpc) is 2.68. The molecule has 0 aliphatic carbocycles. The molecule has 3 rings (SSSR count). The quantitative estimate of drug-likeness (QED) is 0.655. The molecular weight excluding hydrogens is 242 g/mol. The van der Waals surface area contributed by atoms with E-state index in [2.05, 4.69) is 10.2 Å². The number of aryl methyl sites for hydroxylation is 1. The molecule has 2 heterocycles. The van der Waals surface area contributed by atoms with Crippen LogP contribution in [0, 0.1) is 17.0 Å². The fourth-order valence-corrected chi connectivity index (χ4v) is 3.20. The van der Waals surface area contributed by atoms with Gasteiger partial charge in [-0.25, -0.2) is 0 Å². The summed E-state index contributed by atoms with van der Waals surface area (Å²) in [6.45, 7) is 3.76. The van der Waals surface area contributed by atoms with Crippen molar-refractivity contribution < 1.29 is 4.92 Å². The van der Waals surface area contributed by atoms with Gasteiger partial charge < -0.3 is 10.2 Å². The predicted molar refractivity (Wildman–Crippen MR) is 74.6 cm³/mol. The normalized spacial score (nSPS) is 26.3. The molecular formula is C14H19N3O2. The first-order valence-electron chi connectivity index (χ1n) is 6.89. The fraction of sp³-hybridized carbons (Fsp3) is 0.571. The van der Waals surface area contributed by atoms with Crippen LogP contribution in [0.3, 0.4) is 0 Å². The molecule has 2 fully saturated rings. The lowest BCUT2D eigenvalue weighted by Crippen LogP contribution is -2.35. The van der Waals surface area contributed by atoms with Crippen molar-refractivity contribution >= 4 is 11.4 Å². The van der Waals surface area contributed by atoms with Gasteiger partial charge in [0.05, 0.1) is 4.92 Å². The Balaban J connectivity index is 1.92. The molecule has 0 aromatic heterocycles. The van der Waals surface area contributed by atoms with Gasteiger partial charge >= 0.3 is 0 Å². The summed E-state index contributed by atoms with van der Waals surface area (Å²) in [5, 5.41) is 14.8. The number of rotatable bonds is 2. The molecule has 2 unspecified atom stereocenters. The lowest BCUT2D eigenvalue weighted by Gasteiger charge is -2.26. The van der Waals surface area contributed by atoms with Crippen molar-refractivity contribution in [2.24, 2.45) is 0 Å². The highest BCUT2D eigenvalue weighted by atomic mass is 16.6. The first kappa shape index (κ1) is 12.4. The van der Waals surface area contributed by atoms with Gasteiger partial charge in [-0.1, -0.05) is 6.07 Å². The maximum atomic E-state index is 11.2. The van der Waals surface area contributed by atoms with E-state index in [4.69, 9.17) is 0 Å². The molecule has 2 bridgehead atoms. The zero-order chi connectivity index (χ0) is 13.4. The van der Waals surface area contributed by atoms with Gasteiger partial charge in [-0.05, 0) is 37.8 Å². The minimum atomic E-state index is -0.272. The number of hydrogen-bond donors (Lipinski definition) is 1. The summed E-state index contributed by atoms with van der Waals surface area (Å²) in [7, 11) is 0. The van der Waals surface area contributed by atoms with E-state index >= 15 is 0 Å². The van der Waals surface area contributed by atoms with Gasteiger partial charge in [-0.15, -0.1) is 0 Å². The van der Waals surface area contributed by atoms with E-state index in [1.54, 1.807) is 6.07 Å². The molecule has 2 aliphatic rings. The first-order valence-corrected chi connectivity index (χ1v) is 6.89. The minimum absolute atomic E-state index is 0.225. The van der Waals surface area contributed by atoms with Gasteiger partial charge in [0.15, 0.2) is 0 Å². The Bertz CT molecular complexity index is 503. The van der Waals surface area contributed by atoms with Gasteiger partial charge in [-0.3, -0.25) is 10.1 Å². The molecule has 1 aromatic rings. The highest BCUT2D eigenvalue weighted by Gasteiger charge is 2.31. The van der Waals surface area contributed by atoms with Gasteiger partial charge in [-0.2, -0.15) is 0 Å². The second-order valence-corrected chi connectivity index (χ2v) is 5.62. The summed E-state index contributed by atoms with van der Waals surface area (Å²) >= 11 is 0. The Morgan fingerprint density at radius 3 is 2.89 bits per heavy atom. The van der Waals surface area contributed by atoms with Gasteiger partial charge in [0.2, 0.25) is 0 Å².